The second kappa shape index (κ2) is 10.1. The molecule has 0 spiro atoms. The van der Waals surface area contributed by atoms with E-state index in [4.69, 9.17) is 4.42 Å². The molecule has 0 fully saturated rings. The van der Waals surface area contributed by atoms with E-state index >= 15 is 0 Å². The predicted molar refractivity (Wildman–Crippen MR) is 108 cm³/mol. The van der Waals surface area contributed by atoms with E-state index in [1.54, 1.807) is 13.3 Å². The number of aliphatic imine (C=N–C) groups is 1. The summed E-state index contributed by atoms with van der Waals surface area (Å²) in [7, 11) is -1.67. The number of hydrogen-bond acceptors (Lipinski definition) is 4. The summed E-state index contributed by atoms with van der Waals surface area (Å²) in [5, 5.41) is 6.45. The molecule has 1 heterocycles. The molecule has 2 rings (SSSR count). The average Bonchev–Trinajstić information content (AvgIpc) is 3.11. The molecule has 0 saturated heterocycles. The summed E-state index contributed by atoms with van der Waals surface area (Å²) in [5.41, 5.74) is 1.69. The van der Waals surface area contributed by atoms with E-state index in [9.17, 15) is 8.42 Å². The van der Waals surface area contributed by atoms with Gasteiger partial charge >= 0.3 is 0 Å². The Balaban J connectivity index is 1.92. The highest BCUT2D eigenvalue weighted by molar-refractivity contribution is 7.88. The monoisotopic (exact) mass is 392 g/mol. The van der Waals surface area contributed by atoms with Crippen molar-refractivity contribution in [2.75, 3.05) is 13.6 Å². The Morgan fingerprint density at radius 1 is 1.11 bits per heavy atom. The van der Waals surface area contributed by atoms with E-state index in [0.29, 0.717) is 19.0 Å². The molecule has 0 saturated carbocycles. The summed E-state index contributed by atoms with van der Waals surface area (Å²) in [6.07, 6.45) is 2.41. The Bertz CT molecular complexity index is 830. The number of benzene rings is 1. The van der Waals surface area contributed by atoms with Gasteiger partial charge in [-0.3, -0.25) is 4.99 Å². The number of sulfonamides is 1. The lowest BCUT2D eigenvalue weighted by Crippen LogP contribution is -2.38. The molecule has 0 amide bonds. The van der Waals surface area contributed by atoms with E-state index in [1.165, 1.54) is 0 Å². The van der Waals surface area contributed by atoms with Crippen molar-refractivity contribution < 1.29 is 12.8 Å². The standard InChI is InChI=1S/C19H28N4O3S/c1-15(2)23-27(24,25)14-17-8-5-4-7-16(17)13-22-19(20-3)21-11-10-18-9-6-12-26-18/h4-9,12,15,23H,10-11,13-14H2,1-3H3,(H2,20,21,22). The molecule has 8 heteroatoms. The van der Waals surface area contributed by atoms with Crippen LogP contribution in [0, 0.1) is 0 Å². The number of nitrogens with zero attached hydrogens (tertiary/aromatic N) is 1. The molecule has 7 nitrogen and oxygen atoms in total. The molecule has 0 aliphatic carbocycles. The zero-order chi connectivity index (χ0) is 19.7. The Morgan fingerprint density at radius 2 is 1.85 bits per heavy atom. The molecule has 0 radical (unpaired) electrons. The third-order valence-electron chi connectivity index (χ3n) is 3.79. The maximum atomic E-state index is 12.2. The van der Waals surface area contributed by atoms with Crippen LogP contribution < -0.4 is 15.4 Å². The zero-order valence-electron chi connectivity index (χ0n) is 16.0. The molecule has 0 atom stereocenters. The smallest absolute Gasteiger partial charge is 0.216 e. The van der Waals surface area contributed by atoms with Gasteiger partial charge in [0.05, 0.1) is 12.0 Å². The van der Waals surface area contributed by atoms with Gasteiger partial charge in [-0.1, -0.05) is 24.3 Å². The van der Waals surface area contributed by atoms with Crippen LogP contribution in [0.3, 0.4) is 0 Å². The summed E-state index contributed by atoms with van der Waals surface area (Å²) < 4.78 is 32.4. The summed E-state index contributed by atoms with van der Waals surface area (Å²) in [6.45, 7) is 4.78. The van der Waals surface area contributed by atoms with Crippen LogP contribution in [0.15, 0.2) is 52.1 Å². The lowest BCUT2D eigenvalue weighted by atomic mass is 10.1. The highest BCUT2D eigenvalue weighted by Crippen LogP contribution is 2.12. The van der Waals surface area contributed by atoms with Crippen molar-refractivity contribution in [1.29, 1.82) is 0 Å². The first kappa shape index (κ1) is 21.0. The van der Waals surface area contributed by atoms with Crippen molar-refractivity contribution in [3.05, 3.63) is 59.5 Å². The fraction of sp³-hybridized carbons (Fsp3) is 0.421. The van der Waals surface area contributed by atoms with Crippen molar-refractivity contribution in [1.82, 2.24) is 15.4 Å². The molecule has 0 aliphatic rings. The third-order valence-corrected chi connectivity index (χ3v) is 5.31. The van der Waals surface area contributed by atoms with Gasteiger partial charge in [-0.2, -0.15) is 0 Å². The van der Waals surface area contributed by atoms with Gasteiger partial charge in [0.25, 0.3) is 0 Å². The summed E-state index contributed by atoms with van der Waals surface area (Å²) in [5.74, 6) is 1.51. The van der Waals surface area contributed by atoms with E-state index < -0.39 is 10.0 Å². The quantitative estimate of drug-likeness (QED) is 0.448. The van der Waals surface area contributed by atoms with Crippen molar-refractivity contribution in [2.45, 2.75) is 38.6 Å². The number of hydrogen-bond donors (Lipinski definition) is 3. The zero-order valence-corrected chi connectivity index (χ0v) is 16.8. The predicted octanol–water partition coefficient (Wildman–Crippen LogP) is 2.02. The van der Waals surface area contributed by atoms with Crippen LogP contribution in [0.5, 0.6) is 0 Å². The van der Waals surface area contributed by atoms with Crippen LogP contribution in [0.4, 0.5) is 0 Å². The molecule has 0 aliphatic heterocycles. The topological polar surface area (TPSA) is 95.7 Å². The molecule has 1 aromatic heterocycles. The van der Waals surface area contributed by atoms with Crippen molar-refractivity contribution >= 4 is 16.0 Å². The minimum absolute atomic E-state index is 0.0481. The second-order valence-electron chi connectivity index (χ2n) is 6.48. The molecule has 1 aromatic carbocycles. The molecule has 2 aromatic rings. The van der Waals surface area contributed by atoms with Gasteiger partial charge in [0.2, 0.25) is 10.0 Å². The van der Waals surface area contributed by atoms with Crippen molar-refractivity contribution in [3.8, 4) is 0 Å². The van der Waals surface area contributed by atoms with Crippen molar-refractivity contribution in [3.63, 3.8) is 0 Å². The van der Waals surface area contributed by atoms with E-state index in [0.717, 1.165) is 23.3 Å². The normalized spacial score (nSPS) is 12.4. The minimum atomic E-state index is -3.37. The van der Waals surface area contributed by atoms with Crippen LogP contribution in [-0.2, 0) is 28.7 Å². The first-order valence-electron chi connectivity index (χ1n) is 8.93. The first-order valence-corrected chi connectivity index (χ1v) is 10.6. The van der Waals surface area contributed by atoms with E-state index in [2.05, 4.69) is 20.3 Å². The van der Waals surface area contributed by atoms with Crippen molar-refractivity contribution in [2.24, 2.45) is 4.99 Å². The van der Waals surface area contributed by atoms with E-state index in [-0.39, 0.29) is 11.8 Å². The maximum absolute atomic E-state index is 12.2. The Hall–Kier alpha value is -2.32. The fourth-order valence-electron chi connectivity index (χ4n) is 2.63. The lowest BCUT2D eigenvalue weighted by Gasteiger charge is -2.15. The van der Waals surface area contributed by atoms with Gasteiger partial charge in [-0.25, -0.2) is 13.1 Å². The first-order chi connectivity index (χ1) is 12.9. The minimum Gasteiger partial charge on any atom is -0.469 e. The molecule has 3 N–H and O–H groups in total. The number of furan rings is 1. The van der Waals surface area contributed by atoms with Gasteiger partial charge < -0.3 is 15.1 Å². The number of nitrogens with one attached hydrogen (secondary N) is 3. The Labute approximate surface area is 161 Å². The van der Waals surface area contributed by atoms with E-state index in [1.807, 2.05) is 50.2 Å². The largest absolute Gasteiger partial charge is 0.469 e. The average molecular weight is 393 g/mol. The van der Waals surface area contributed by atoms with Gasteiger partial charge in [-0.05, 0) is 37.1 Å². The van der Waals surface area contributed by atoms with Gasteiger partial charge in [0, 0.05) is 32.6 Å². The summed E-state index contributed by atoms with van der Waals surface area (Å²) >= 11 is 0. The van der Waals surface area contributed by atoms with Crippen LogP contribution in [0.1, 0.15) is 30.7 Å². The Morgan fingerprint density at radius 3 is 2.48 bits per heavy atom. The summed E-state index contributed by atoms with van der Waals surface area (Å²) in [6, 6.07) is 11.2. The highest BCUT2D eigenvalue weighted by Gasteiger charge is 2.15. The van der Waals surface area contributed by atoms with Gasteiger partial charge in [0.15, 0.2) is 5.96 Å². The summed E-state index contributed by atoms with van der Waals surface area (Å²) in [4.78, 5) is 4.20. The highest BCUT2D eigenvalue weighted by atomic mass is 32.2. The Kier molecular flexibility index (Phi) is 7.87. The molecule has 148 valence electrons. The van der Waals surface area contributed by atoms with Gasteiger partial charge in [-0.15, -0.1) is 0 Å². The molecular formula is C19H28N4O3S. The van der Waals surface area contributed by atoms with Crippen LogP contribution >= 0.6 is 0 Å². The SMILES string of the molecule is CN=C(NCCc1ccco1)NCc1ccccc1CS(=O)(=O)NC(C)C. The van der Waals surface area contributed by atoms with Gasteiger partial charge in [0.1, 0.15) is 5.76 Å². The van der Waals surface area contributed by atoms with Crippen LogP contribution in [0.25, 0.3) is 0 Å². The molecular weight excluding hydrogens is 364 g/mol. The number of rotatable bonds is 9. The maximum Gasteiger partial charge on any atom is 0.216 e. The number of guanidine groups is 1. The fourth-order valence-corrected chi connectivity index (χ4v) is 4.13. The third kappa shape index (κ3) is 7.44. The second-order valence-corrected chi connectivity index (χ2v) is 8.24. The lowest BCUT2D eigenvalue weighted by molar-refractivity contribution is 0.507. The molecule has 27 heavy (non-hydrogen) atoms. The van der Waals surface area contributed by atoms with Crippen LogP contribution in [-0.4, -0.2) is 34.0 Å². The molecule has 0 bridgehead atoms. The molecule has 0 unspecified atom stereocenters. The van der Waals surface area contributed by atoms with Crippen LogP contribution in [0.2, 0.25) is 0 Å².